The van der Waals surface area contributed by atoms with Gasteiger partial charge in [-0.1, -0.05) is 17.3 Å². The maximum absolute atomic E-state index is 4.88. The van der Waals surface area contributed by atoms with E-state index in [1.807, 2.05) is 13.1 Å². The zero-order valence-electron chi connectivity index (χ0n) is 6.99. The van der Waals surface area contributed by atoms with Crippen molar-refractivity contribution in [3.63, 3.8) is 0 Å². The SMILES string of the molecule is CCO/N=C/C1CC=CCC1. The zero-order chi connectivity index (χ0) is 7.94. The Morgan fingerprint density at radius 1 is 1.64 bits per heavy atom. The molecule has 11 heavy (non-hydrogen) atoms. The van der Waals surface area contributed by atoms with Gasteiger partial charge in [0.2, 0.25) is 0 Å². The fourth-order valence-corrected chi connectivity index (χ4v) is 1.16. The van der Waals surface area contributed by atoms with Crippen LogP contribution in [0.25, 0.3) is 0 Å². The van der Waals surface area contributed by atoms with Crippen molar-refractivity contribution in [1.82, 2.24) is 0 Å². The van der Waals surface area contributed by atoms with Gasteiger partial charge in [0, 0.05) is 12.1 Å². The molecule has 0 aliphatic heterocycles. The summed E-state index contributed by atoms with van der Waals surface area (Å²) in [5, 5.41) is 3.85. The third-order valence-electron chi connectivity index (χ3n) is 1.78. The van der Waals surface area contributed by atoms with Crippen LogP contribution in [0.1, 0.15) is 26.2 Å². The molecule has 62 valence electrons. The molecule has 0 amide bonds. The molecule has 0 radical (unpaired) electrons. The first-order valence-corrected chi connectivity index (χ1v) is 4.24. The molecule has 0 fully saturated rings. The van der Waals surface area contributed by atoms with Gasteiger partial charge in [-0.25, -0.2) is 0 Å². The minimum atomic E-state index is 0.603. The monoisotopic (exact) mass is 153 g/mol. The summed E-state index contributed by atoms with van der Waals surface area (Å²) in [6.07, 6.45) is 9.89. The van der Waals surface area contributed by atoms with Crippen molar-refractivity contribution >= 4 is 6.21 Å². The second kappa shape index (κ2) is 4.94. The van der Waals surface area contributed by atoms with Crippen molar-refractivity contribution in [2.75, 3.05) is 6.61 Å². The molecule has 1 rings (SSSR count). The van der Waals surface area contributed by atoms with E-state index < -0.39 is 0 Å². The number of nitrogens with zero attached hydrogens (tertiary/aromatic N) is 1. The fraction of sp³-hybridized carbons (Fsp3) is 0.667. The quantitative estimate of drug-likeness (QED) is 0.346. The van der Waals surface area contributed by atoms with Gasteiger partial charge in [-0.05, 0) is 26.2 Å². The van der Waals surface area contributed by atoms with Gasteiger partial charge < -0.3 is 4.84 Å². The number of rotatable bonds is 3. The Bertz CT molecular complexity index is 152. The molecule has 0 aromatic carbocycles. The van der Waals surface area contributed by atoms with E-state index in [9.17, 15) is 0 Å². The first kappa shape index (κ1) is 8.31. The highest BCUT2D eigenvalue weighted by Gasteiger charge is 2.05. The largest absolute Gasteiger partial charge is 0.396 e. The lowest BCUT2D eigenvalue weighted by Gasteiger charge is -2.11. The molecule has 0 aromatic heterocycles. The molecule has 0 N–H and O–H groups in total. The van der Waals surface area contributed by atoms with Crippen LogP contribution in [0.3, 0.4) is 0 Å². The molecule has 1 aliphatic carbocycles. The van der Waals surface area contributed by atoms with Crippen molar-refractivity contribution in [2.24, 2.45) is 11.1 Å². The van der Waals surface area contributed by atoms with Gasteiger partial charge in [-0.3, -0.25) is 0 Å². The standard InChI is InChI=1S/C9H15NO/c1-2-11-10-8-9-6-4-3-5-7-9/h3-4,8-9H,2,5-7H2,1H3/b10-8+. The van der Waals surface area contributed by atoms with E-state index in [0.717, 1.165) is 6.42 Å². The summed E-state index contributed by atoms with van der Waals surface area (Å²) >= 11 is 0. The summed E-state index contributed by atoms with van der Waals surface area (Å²) in [7, 11) is 0. The average Bonchev–Trinajstić information content (AvgIpc) is 2.07. The van der Waals surface area contributed by atoms with Crippen molar-refractivity contribution in [1.29, 1.82) is 0 Å². The Balaban J connectivity index is 2.20. The van der Waals surface area contributed by atoms with Crippen LogP contribution in [-0.2, 0) is 4.84 Å². The van der Waals surface area contributed by atoms with Crippen LogP contribution in [0.5, 0.6) is 0 Å². The minimum absolute atomic E-state index is 0.603. The molecule has 2 nitrogen and oxygen atoms in total. The first-order valence-electron chi connectivity index (χ1n) is 4.24. The summed E-state index contributed by atoms with van der Waals surface area (Å²) in [4.78, 5) is 4.88. The lowest BCUT2D eigenvalue weighted by molar-refractivity contribution is 0.158. The van der Waals surface area contributed by atoms with Crippen LogP contribution in [0, 0.1) is 5.92 Å². The Kier molecular flexibility index (Phi) is 3.73. The zero-order valence-corrected chi connectivity index (χ0v) is 6.99. The van der Waals surface area contributed by atoms with E-state index in [4.69, 9.17) is 4.84 Å². The van der Waals surface area contributed by atoms with Gasteiger partial charge in [0.05, 0.1) is 0 Å². The number of hydrogen-bond acceptors (Lipinski definition) is 2. The Morgan fingerprint density at radius 2 is 2.55 bits per heavy atom. The molecular formula is C9H15NO. The molecule has 0 aromatic rings. The summed E-state index contributed by atoms with van der Waals surface area (Å²) in [5.41, 5.74) is 0. The predicted octanol–water partition coefficient (Wildman–Crippen LogP) is 2.37. The lowest BCUT2D eigenvalue weighted by atomic mass is 9.96. The van der Waals surface area contributed by atoms with Crippen molar-refractivity contribution in [2.45, 2.75) is 26.2 Å². The predicted molar refractivity (Wildman–Crippen MR) is 46.6 cm³/mol. The van der Waals surface area contributed by atoms with Crippen LogP contribution < -0.4 is 0 Å². The fourth-order valence-electron chi connectivity index (χ4n) is 1.16. The maximum Gasteiger partial charge on any atom is 0.114 e. The molecular weight excluding hydrogens is 138 g/mol. The topological polar surface area (TPSA) is 21.6 Å². The molecule has 2 heteroatoms. The molecule has 1 aliphatic rings. The van der Waals surface area contributed by atoms with Crippen molar-refractivity contribution < 1.29 is 4.84 Å². The summed E-state index contributed by atoms with van der Waals surface area (Å²) < 4.78 is 0. The highest BCUT2D eigenvalue weighted by atomic mass is 16.6. The summed E-state index contributed by atoms with van der Waals surface area (Å²) in [5.74, 6) is 0.603. The highest BCUT2D eigenvalue weighted by molar-refractivity contribution is 5.60. The molecule has 1 atom stereocenters. The highest BCUT2D eigenvalue weighted by Crippen LogP contribution is 2.15. The Labute approximate surface area is 67.9 Å². The maximum atomic E-state index is 4.88. The Hall–Kier alpha value is -0.790. The molecule has 0 spiro atoms. The number of hydrogen-bond donors (Lipinski definition) is 0. The van der Waals surface area contributed by atoms with E-state index >= 15 is 0 Å². The van der Waals surface area contributed by atoms with Crippen LogP contribution in [0.4, 0.5) is 0 Å². The average molecular weight is 153 g/mol. The van der Waals surface area contributed by atoms with Gasteiger partial charge in [-0.15, -0.1) is 0 Å². The van der Waals surface area contributed by atoms with Crippen LogP contribution >= 0.6 is 0 Å². The van der Waals surface area contributed by atoms with Crippen molar-refractivity contribution in [3.8, 4) is 0 Å². The summed E-state index contributed by atoms with van der Waals surface area (Å²) in [6.45, 7) is 2.61. The third-order valence-corrected chi connectivity index (χ3v) is 1.78. The molecule has 0 heterocycles. The van der Waals surface area contributed by atoms with Gasteiger partial charge in [0.15, 0.2) is 0 Å². The second-order valence-electron chi connectivity index (χ2n) is 2.72. The van der Waals surface area contributed by atoms with E-state index in [-0.39, 0.29) is 0 Å². The summed E-state index contributed by atoms with van der Waals surface area (Å²) in [6, 6.07) is 0. The van der Waals surface area contributed by atoms with Crippen LogP contribution in [0.15, 0.2) is 17.3 Å². The number of allylic oxidation sites excluding steroid dienone is 2. The lowest BCUT2D eigenvalue weighted by Crippen LogP contribution is -2.03. The molecule has 0 saturated carbocycles. The van der Waals surface area contributed by atoms with Crippen LogP contribution in [-0.4, -0.2) is 12.8 Å². The minimum Gasteiger partial charge on any atom is -0.396 e. The first-order chi connectivity index (χ1) is 5.43. The second-order valence-corrected chi connectivity index (χ2v) is 2.72. The third kappa shape index (κ3) is 3.21. The molecule has 1 unspecified atom stereocenters. The van der Waals surface area contributed by atoms with E-state index in [1.165, 1.54) is 12.8 Å². The van der Waals surface area contributed by atoms with Gasteiger partial charge >= 0.3 is 0 Å². The van der Waals surface area contributed by atoms with E-state index in [1.54, 1.807) is 0 Å². The Morgan fingerprint density at radius 3 is 3.18 bits per heavy atom. The molecule has 0 saturated heterocycles. The molecule has 0 bridgehead atoms. The van der Waals surface area contributed by atoms with E-state index in [0.29, 0.717) is 12.5 Å². The smallest absolute Gasteiger partial charge is 0.114 e. The van der Waals surface area contributed by atoms with E-state index in [2.05, 4.69) is 17.3 Å². The van der Waals surface area contributed by atoms with Gasteiger partial charge in [0.25, 0.3) is 0 Å². The van der Waals surface area contributed by atoms with Gasteiger partial charge in [-0.2, -0.15) is 0 Å². The van der Waals surface area contributed by atoms with Gasteiger partial charge in [0.1, 0.15) is 6.61 Å². The normalized spacial score (nSPS) is 24.3. The van der Waals surface area contributed by atoms with Crippen LogP contribution in [0.2, 0.25) is 0 Å². The van der Waals surface area contributed by atoms with Crippen molar-refractivity contribution in [3.05, 3.63) is 12.2 Å². The number of oxime groups is 1.